The van der Waals surface area contributed by atoms with Crippen molar-refractivity contribution < 1.29 is 19.1 Å². The molecule has 1 heterocycles. The van der Waals surface area contributed by atoms with Crippen LogP contribution in [-0.4, -0.2) is 30.7 Å². The summed E-state index contributed by atoms with van der Waals surface area (Å²) in [6, 6.07) is 7.09. The van der Waals surface area contributed by atoms with Crippen LogP contribution in [0.25, 0.3) is 0 Å². The highest BCUT2D eigenvalue weighted by atomic mass is 32.1. The minimum absolute atomic E-state index is 0.109. The summed E-state index contributed by atoms with van der Waals surface area (Å²) in [5, 5.41) is 7.38. The largest absolute Gasteiger partial charge is 0.497 e. The minimum atomic E-state index is -0.561. The molecule has 2 amide bonds. The van der Waals surface area contributed by atoms with E-state index < -0.39 is 6.09 Å². The van der Waals surface area contributed by atoms with Gasteiger partial charge in [-0.25, -0.2) is 9.78 Å². The molecule has 1 aromatic heterocycles. The van der Waals surface area contributed by atoms with Gasteiger partial charge < -0.3 is 14.8 Å². The van der Waals surface area contributed by atoms with Crippen molar-refractivity contribution in [3.63, 3.8) is 0 Å². The highest BCUT2D eigenvalue weighted by Crippen LogP contribution is 2.18. The molecule has 0 saturated heterocycles. The Balaban J connectivity index is 1.90. The molecule has 0 aliphatic carbocycles. The van der Waals surface area contributed by atoms with Gasteiger partial charge in [0.2, 0.25) is 5.91 Å². The number of nitrogens with zero attached hydrogens (tertiary/aromatic N) is 1. The van der Waals surface area contributed by atoms with Gasteiger partial charge in [0, 0.05) is 17.1 Å². The van der Waals surface area contributed by atoms with Crippen LogP contribution in [0.1, 0.15) is 12.6 Å². The average Bonchev–Trinajstić information content (AvgIpc) is 2.94. The lowest BCUT2D eigenvalue weighted by Crippen LogP contribution is -2.15. The first-order valence-corrected chi connectivity index (χ1v) is 7.80. The van der Waals surface area contributed by atoms with Gasteiger partial charge in [0.05, 0.1) is 25.8 Å². The SMILES string of the molecule is CCOC(=O)Nc1nc(CC(=O)Nc2cccc(OC)c2)cs1. The molecule has 2 rings (SSSR count). The molecule has 2 N–H and O–H groups in total. The number of nitrogens with one attached hydrogen (secondary N) is 2. The molecule has 23 heavy (non-hydrogen) atoms. The second-order valence-corrected chi connectivity index (χ2v) is 5.30. The van der Waals surface area contributed by atoms with Crippen LogP contribution in [0.5, 0.6) is 5.75 Å². The highest BCUT2D eigenvalue weighted by Gasteiger charge is 2.10. The molecule has 2 aromatic rings. The van der Waals surface area contributed by atoms with Crippen LogP contribution in [0.15, 0.2) is 29.6 Å². The zero-order valence-corrected chi connectivity index (χ0v) is 13.6. The normalized spacial score (nSPS) is 10.0. The summed E-state index contributed by atoms with van der Waals surface area (Å²) in [4.78, 5) is 27.5. The molecule has 8 heteroatoms. The Morgan fingerprint density at radius 1 is 1.30 bits per heavy atom. The van der Waals surface area contributed by atoms with Gasteiger partial charge in [-0.1, -0.05) is 6.07 Å². The summed E-state index contributed by atoms with van der Waals surface area (Å²) in [6.45, 7) is 2.00. The van der Waals surface area contributed by atoms with Gasteiger partial charge in [-0.15, -0.1) is 11.3 Å². The lowest BCUT2D eigenvalue weighted by molar-refractivity contribution is -0.115. The molecule has 0 fully saturated rings. The van der Waals surface area contributed by atoms with Gasteiger partial charge in [0.25, 0.3) is 0 Å². The molecule has 0 bridgehead atoms. The van der Waals surface area contributed by atoms with Gasteiger partial charge in [0.1, 0.15) is 5.75 Å². The van der Waals surface area contributed by atoms with Crippen LogP contribution in [-0.2, 0) is 16.0 Å². The molecule has 1 aromatic carbocycles. The summed E-state index contributed by atoms with van der Waals surface area (Å²) in [5.74, 6) is 0.462. The molecule has 0 unspecified atom stereocenters. The van der Waals surface area contributed by atoms with E-state index in [-0.39, 0.29) is 18.9 Å². The fourth-order valence-electron chi connectivity index (χ4n) is 1.77. The third-order valence-electron chi connectivity index (χ3n) is 2.73. The number of rotatable bonds is 6. The Bertz CT molecular complexity index is 687. The van der Waals surface area contributed by atoms with Crippen molar-refractivity contribution in [1.82, 2.24) is 4.98 Å². The molecule has 0 radical (unpaired) electrons. The molecular formula is C15H17N3O4S. The van der Waals surface area contributed by atoms with Gasteiger partial charge in [-0.05, 0) is 19.1 Å². The molecular weight excluding hydrogens is 318 g/mol. The number of amides is 2. The van der Waals surface area contributed by atoms with Crippen LogP contribution >= 0.6 is 11.3 Å². The maximum atomic E-state index is 12.0. The third kappa shape index (κ3) is 5.26. The molecule has 0 aliphatic heterocycles. The third-order valence-corrected chi connectivity index (χ3v) is 3.54. The van der Waals surface area contributed by atoms with Crippen molar-refractivity contribution in [1.29, 1.82) is 0 Å². The van der Waals surface area contributed by atoms with E-state index in [1.807, 2.05) is 0 Å². The van der Waals surface area contributed by atoms with Crippen molar-refractivity contribution in [3.05, 3.63) is 35.3 Å². The van der Waals surface area contributed by atoms with Crippen molar-refractivity contribution in [2.75, 3.05) is 24.4 Å². The minimum Gasteiger partial charge on any atom is -0.497 e. The van der Waals surface area contributed by atoms with Gasteiger partial charge >= 0.3 is 6.09 Å². The quantitative estimate of drug-likeness (QED) is 0.847. The second-order valence-electron chi connectivity index (χ2n) is 4.45. The fourth-order valence-corrected chi connectivity index (χ4v) is 2.47. The number of thiazole rings is 1. The van der Waals surface area contributed by atoms with Crippen molar-refractivity contribution in [2.45, 2.75) is 13.3 Å². The fraction of sp³-hybridized carbons (Fsp3) is 0.267. The van der Waals surface area contributed by atoms with E-state index in [0.717, 1.165) is 0 Å². The molecule has 122 valence electrons. The first-order chi connectivity index (χ1) is 11.1. The first-order valence-electron chi connectivity index (χ1n) is 6.92. The predicted octanol–water partition coefficient (Wildman–Crippen LogP) is 2.90. The molecule has 0 atom stereocenters. The second kappa shape index (κ2) is 8.14. The van der Waals surface area contributed by atoms with Gasteiger partial charge in [-0.3, -0.25) is 10.1 Å². The van der Waals surface area contributed by atoms with E-state index in [0.29, 0.717) is 22.3 Å². The summed E-state index contributed by atoms with van der Waals surface area (Å²) in [6.07, 6.45) is -0.452. The molecule has 0 aliphatic rings. The van der Waals surface area contributed by atoms with E-state index in [1.165, 1.54) is 11.3 Å². The summed E-state index contributed by atoms with van der Waals surface area (Å²) >= 11 is 1.24. The number of methoxy groups -OCH3 is 1. The molecule has 0 saturated carbocycles. The van der Waals surface area contributed by atoms with Gasteiger partial charge in [-0.2, -0.15) is 0 Å². The predicted molar refractivity (Wildman–Crippen MR) is 88.1 cm³/mol. The number of hydrogen-bond acceptors (Lipinski definition) is 6. The Morgan fingerprint density at radius 2 is 2.13 bits per heavy atom. The lowest BCUT2D eigenvalue weighted by Gasteiger charge is -2.06. The van der Waals surface area contributed by atoms with E-state index in [1.54, 1.807) is 43.7 Å². The zero-order valence-electron chi connectivity index (χ0n) is 12.8. The Kier molecular flexibility index (Phi) is 5.93. The van der Waals surface area contributed by atoms with E-state index in [9.17, 15) is 9.59 Å². The number of carbonyl (C=O) groups excluding carboxylic acids is 2. The Morgan fingerprint density at radius 3 is 2.87 bits per heavy atom. The van der Waals surface area contributed by atoms with E-state index in [4.69, 9.17) is 9.47 Å². The number of aromatic nitrogens is 1. The summed E-state index contributed by atoms with van der Waals surface area (Å²) < 4.78 is 9.86. The van der Waals surface area contributed by atoms with Crippen LogP contribution < -0.4 is 15.4 Å². The maximum Gasteiger partial charge on any atom is 0.413 e. The maximum absolute atomic E-state index is 12.0. The number of carbonyl (C=O) groups is 2. The lowest BCUT2D eigenvalue weighted by atomic mass is 10.2. The van der Waals surface area contributed by atoms with E-state index in [2.05, 4.69) is 15.6 Å². The topological polar surface area (TPSA) is 89.5 Å². The summed E-state index contributed by atoms with van der Waals surface area (Å²) in [5.41, 5.74) is 1.22. The number of benzene rings is 1. The van der Waals surface area contributed by atoms with Crippen LogP contribution in [0.2, 0.25) is 0 Å². The Hall–Kier alpha value is -2.61. The Labute approximate surface area is 137 Å². The van der Waals surface area contributed by atoms with Crippen LogP contribution in [0.3, 0.4) is 0 Å². The number of ether oxygens (including phenoxy) is 2. The van der Waals surface area contributed by atoms with E-state index >= 15 is 0 Å². The highest BCUT2D eigenvalue weighted by molar-refractivity contribution is 7.13. The van der Waals surface area contributed by atoms with Gasteiger partial charge in [0.15, 0.2) is 5.13 Å². The smallest absolute Gasteiger partial charge is 0.413 e. The van der Waals surface area contributed by atoms with Crippen LogP contribution in [0, 0.1) is 0 Å². The first kappa shape index (κ1) is 16.8. The van der Waals surface area contributed by atoms with Crippen molar-refractivity contribution >= 4 is 34.2 Å². The number of anilines is 2. The monoisotopic (exact) mass is 335 g/mol. The molecule has 0 spiro atoms. The number of hydrogen-bond donors (Lipinski definition) is 2. The van der Waals surface area contributed by atoms with Crippen molar-refractivity contribution in [3.8, 4) is 5.75 Å². The summed E-state index contributed by atoms with van der Waals surface area (Å²) in [7, 11) is 1.56. The van der Waals surface area contributed by atoms with Crippen molar-refractivity contribution in [2.24, 2.45) is 0 Å². The van der Waals surface area contributed by atoms with Crippen LogP contribution in [0.4, 0.5) is 15.6 Å². The zero-order chi connectivity index (χ0) is 16.7. The standard InChI is InChI=1S/C15H17N3O4S/c1-3-22-15(20)18-14-17-11(9-23-14)8-13(19)16-10-5-4-6-12(7-10)21-2/h4-7,9H,3,8H2,1-2H3,(H,16,19)(H,17,18,20). The average molecular weight is 335 g/mol. The molecule has 7 nitrogen and oxygen atoms in total.